The molecular formula is C20H35IN4O2S. The molecule has 1 unspecified atom stereocenters. The quantitative estimate of drug-likeness (QED) is 0.214. The number of carbonyl (C=O) groups excluding carboxylic acids is 1. The normalized spacial score (nSPS) is 12.2. The van der Waals surface area contributed by atoms with Crippen LogP contribution in [0.2, 0.25) is 0 Å². The average Bonchev–Trinajstić information content (AvgIpc) is 2.64. The lowest BCUT2D eigenvalue weighted by Gasteiger charge is -2.19. The minimum atomic E-state index is -0.0275. The smallest absolute Gasteiger partial charge is 0.243 e. The third-order valence-electron chi connectivity index (χ3n) is 3.79. The van der Waals surface area contributed by atoms with E-state index >= 15 is 0 Å². The molecule has 0 aromatic heterocycles. The summed E-state index contributed by atoms with van der Waals surface area (Å²) in [5.74, 6) is 2.97. The molecule has 1 rings (SSSR count). The fourth-order valence-corrected chi connectivity index (χ4v) is 2.42. The van der Waals surface area contributed by atoms with Crippen LogP contribution in [-0.2, 0) is 4.79 Å². The molecule has 1 aromatic carbocycles. The van der Waals surface area contributed by atoms with Crippen molar-refractivity contribution in [1.82, 2.24) is 15.5 Å². The number of ether oxygens (including phenoxy) is 1. The number of guanidine groups is 1. The van der Waals surface area contributed by atoms with Crippen LogP contribution in [0.3, 0.4) is 0 Å². The van der Waals surface area contributed by atoms with Crippen molar-refractivity contribution < 1.29 is 9.53 Å². The van der Waals surface area contributed by atoms with E-state index in [0.29, 0.717) is 18.5 Å². The summed E-state index contributed by atoms with van der Waals surface area (Å²) < 4.78 is 5.74. The highest BCUT2D eigenvalue weighted by atomic mass is 127. The van der Waals surface area contributed by atoms with Crippen LogP contribution >= 0.6 is 35.7 Å². The Hall–Kier alpha value is -1.16. The molecule has 0 fully saturated rings. The van der Waals surface area contributed by atoms with E-state index in [1.54, 1.807) is 30.8 Å². The number of thioether (sulfide) groups is 1. The Balaban J connectivity index is 0.00000729. The standard InChI is InChI=1S/C20H34N4O2S.HI/c1-15(2)14-26-18-9-7-17(8-10-18)16(3)23-20(21-11-12-27-6)22-13-19(25)24(4)5;/h7-10,15-16H,11-14H2,1-6H3,(H2,21,22,23);1H. The lowest BCUT2D eigenvalue weighted by molar-refractivity contribution is -0.127. The first-order chi connectivity index (χ1) is 12.8. The number of halogens is 1. The monoisotopic (exact) mass is 522 g/mol. The number of likely N-dealkylation sites (N-methyl/N-ethyl adjacent to an activating group) is 1. The van der Waals surface area contributed by atoms with E-state index in [1.165, 1.54) is 0 Å². The Morgan fingerprint density at radius 1 is 1.21 bits per heavy atom. The second-order valence-electron chi connectivity index (χ2n) is 7.01. The van der Waals surface area contributed by atoms with Crippen LogP contribution in [-0.4, -0.2) is 62.6 Å². The number of nitrogens with zero attached hydrogens (tertiary/aromatic N) is 2. The van der Waals surface area contributed by atoms with Gasteiger partial charge in [-0.25, -0.2) is 4.99 Å². The average molecular weight is 522 g/mol. The van der Waals surface area contributed by atoms with Gasteiger partial charge in [-0.2, -0.15) is 11.8 Å². The molecule has 1 aromatic rings. The number of rotatable bonds is 10. The Kier molecular flexibility index (Phi) is 14.2. The van der Waals surface area contributed by atoms with Gasteiger partial charge in [0.1, 0.15) is 12.3 Å². The maximum absolute atomic E-state index is 11.8. The zero-order valence-electron chi connectivity index (χ0n) is 17.8. The van der Waals surface area contributed by atoms with Gasteiger partial charge in [0.25, 0.3) is 0 Å². The molecule has 0 aliphatic heterocycles. The van der Waals surface area contributed by atoms with E-state index in [0.717, 1.165) is 23.6 Å². The lowest BCUT2D eigenvalue weighted by Crippen LogP contribution is -2.40. The number of carbonyl (C=O) groups is 1. The van der Waals surface area contributed by atoms with Gasteiger partial charge in [0.05, 0.1) is 12.6 Å². The Labute approximate surface area is 191 Å². The molecule has 0 spiro atoms. The number of amides is 1. The SMILES string of the molecule is CSCCNC(=NCC(=O)N(C)C)NC(C)c1ccc(OCC(C)C)cc1.I. The predicted molar refractivity (Wildman–Crippen MR) is 131 cm³/mol. The molecule has 0 heterocycles. The highest BCUT2D eigenvalue weighted by Gasteiger charge is 2.10. The largest absolute Gasteiger partial charge is 0.493 e. The third-order valence-corrected chi connectivity index (χ3v) is 4.40. The van der Waals surface area contributed by atoms with Crippen molar-refractivity contribution in [3.63, 3.8) is 0 Å². The Bertz CT molecular complexity index is 594. The molecule has 6 nitrogen and oxygen atoms in total. The van der Waals surface area contributed by atoms with Crippen LogP contribution in [0.1, 0.15) is 32.4 Å². The fourth-order valence-electron chi connectivity index (χ4n) is 2.12. The minimum absolute atomic E-state index is 0. The third kappa shape index (κ3) is 11.0. The van der Waals surface area contributed by atoms with E-state index in [1.807, 2.05) is 12.1 Å². The summed E-state index contributed by atoms with van der Waals surface area (Å²) in [4.78, 5) is 17.8. The van der Waals surface area contributed by atoms with E-state index in [4.69, 9.17) is 4.74 Å². The van der Waals surface area contributed by atoms with E-state index in [-0.39, 0.29) is 42.5 Å². The molecule has 1 atom stereocenters. The van der Waals surface area contributed by atoms with Gasteiger partial charge in [-0.1, -0.05) is 26.0 Å². The van der Waals surface area contributed by atoms with Gasteiger partial charge in [-0.3, -0.25) is 4.79 Å². The minimum Gasteiger partial charge on any atom is -0.493 e. The van der Waals surface area contributed by atoms with E-state index in [9.17, 15) is 4.79 Å². The van der Waals surface area contributed by atoms with E-state index in [2.05, 4.69) is 54.8 Å². The summed E-state index contributed by atoms with van der Waals surface area (Å²) >= 11 is 1.76. The first kappa shape index (κ1) is 26.8. The molecule has 28 heavy (non-hydrogen) atoms. The number of hydrogen-bond acceptors (Lipinski definition) is 4. The van der Waals surface area contributed by atoms with Crippen molar-refractivity contribution >= 4 is 47.6 Å². The number of benzene rings is 1. The number of nitrogens with one attached hydrogen (secondary N) is 2. The summed E-state index contributed by atoms with van der Waals surface area (Å²) in [6.45, 7) is 7.96. The summed E-state index contributed by atoms with van der Waals surface area (Å²) in [5.41, 5.74) is 1.13. The maximum Gasteiger partial charge on any atom is 0.243 e. The lowest BCUT2D eigenvalue weighted by atomic mass is 10.1. The second kappa shape index (κ2) is 14.8. The molecule has 0 saturated carbocycles. The van der Waals surface area contributed by atoms with Crippen LogP contribution in [0, 0.1) is 5.92 Å². The van der Waals surface area contributed by atoms with Crippen molar-refractivity contribution in [3.8, 4) is 5.75 Å². The van der Waals surface area contributed by atoms with Crippen LogP contribution in [0.4, 0.5) is 0 Å². The van der Waals surface area contributed by atoms with Gasteiger partial charge in [0, 0.05) is 26.4 Å². The Morgan fingerprint density at radius 3 is 2.39 bits per heavy atom. The van der Waals surface area contributed by atoms with Crippen molar-refractivity contribution in [3.05, 3.63) is 29.8 Å². The zero-order chi connectivity index (χ0) is 20.2. The van der Waals surface area contributed by atoms with E-state index < -0.39 is 0 Å². The highest BCUT2D eigenvalue weighted by Crippen LogP contribution is 2.18. The number of aliphatic imine (C=N–C) groups is 1. The first-order valence-corrected chi connectivity index (χ1v) is 10.7. The molecule has 0 aliphatic carbocycles. The Morgan fingerprint density at radius 2 is 1.86 bits per heavy atom. The van der Waals surface area contributed by atoms with Crippen molar-refractivity contribution in [2.75, 3.05) is 45.8 Å². The fraction of sp³-hybridized carbons (Fsp3) is 0.600. The second-order valence-corrected chi connectivity index (χ2v) is 8.00. The molecule has 160 valence electrons. The molecule has 1 amide bonds. The van der Waals surface area contributed by atoms with Gasteiger partial charge in [-0.05, 0) is 36.8 Å². The molecule has 0 bridgehead atoms. The predicted octanol–water partition coefficient (Wildman–Crippen LogP) is 3.39. The molecule has 8 heteroatoms. The summed E-state index contributed by atoms with van der Waals surface area (Å²) in [6, 6.07) is 8.14. The van der Waals surface area contributed by atoms with Gasteiger partial charge < -0.3 is 20.3 Å². The maximum atomic E-state index is 11.8. The van der Waals surface area contributed by atoms with Crippen LogP contribution in [0.5, 0.6) is 5.75 Å². The molecular weight excluding hydrogens is 487 g/mol. The van der Waals surface area contributed by atoms with Gasteiger partial charge in [0.15, 0.2) is 5.96 Å². The zero-order valence-corrected chi connectivity index (χ0v) is 21.0. The molecule has 0 radical (unpaired) electrons. The van der Waals surface area contributed by atoms with Crippen LogP contribution < -0.4 is 15.4 Å². The first-order valence-electron chi connectivity index (χ1n) is 9.30. The molecule has 0 aliphatic rings. The van der Waals surface area contributed by atoms with Gasteiger partial charge in [-0.15, -0.1) is 24.0 Å². The van der Waals surface area contributed by atoms with Crippen LogP contribution in [0.15, 0.2) is 29.3 Å². The van der Waals surface area contributed by atoms with Crippen molar-refractivity contribution in [1.29, 1.82) is 0 Å². The van der Waals surface area contributed by atoms with Gasteiger partial charge in [0.2, 0.25) is 5.91 Å². The highest BCUT2D eigenvalue weighted by molar-refractivity contribution is 14.0. The van der Waals surface area contributed by atoms with Crippen molar-refractivity contribution in [2.24, 2.45) is 10.9 Å². The van der Waals surface area contributed by atoms with Crippen LogP contribution in [0.25, 0.3) is 0 Å². The topological polar surface area (TPSA) is 66.0 Å². The molecule has 2 N–H and O–H groups in total. The van der Waals surface area contributed by atoms with Gasteiger partial charge >= 0.3 is 0 Å². The number of hydrogen-bond donors (Lipinski definition) is 2. The summed E-state index contributed by atoms with van der Waals surface area (Å²) in [6.07, 6.45) is 2.06. The summed E-state index contributed by atoms with van der Waals surface area (Å²) in [7, 11) is 3.47. The molecule has 0 saturated heterocycles. The summed E-state index contributed by atoms with van der Waals surface area (Å²) in [5, 5.41) is 6.66. The van der Waals surface area contributed by atoms with Crippen molar-refractivity contribution in [2.45, 2.75) is 26.8 Å².